The van der Waals surface area contributed by atoms with E-state index < -0.39 is 10.0 Å². The standard InChI is InChI=1S/C23H28ClN3O3S2.ClH/c1-4-5-6-7-14-25-32(28,29)22-15-17(8-13-20(22)24)21-16-31-23(27(21)2)26-18-9-11-19(30-3)12-10-18;/h8-13,15-16,25H,4-7,14H2,1-3H3;1H. The minimum atomic E-state index is -3.69. The van der Waals surface area contributed by atoms with Crippen molar-refractivity contribution in [1.82, 2.24) is 9.29 Å². The van der Waals surface area contributed by atoms with Crippen LogP contribution < -0.4 is 14.3 Å². The molecule has 0 fully saturated rings. The van der Waals surface area contributed by atoms with Crippen LogP contribution in [0.15, 0.2) is 57.7 Å². The van der Waals surface area contributed by atoms with Crippen molar-refractivity contribution in [2.24, 2.45) is 12.0 Å². The zero-order chi connectivity index (χ0) is 23.1. The van der Waals surface area contributed by atoms with Gasteiger partial charge in [-0.3, -0.25) is 0 Å². The molecule has 1 N–H and O–H groups in total. The Morgan fingerprint density at radius 2 is 1.85 bits per heavy atom. The maximum Gasteiger partial charge on any atom is 0.242 e. The van der Waals surface area contributed by atoms with E-state index >= 15 is 0 Å². The van der Waals surface area contributed by atoms with Crippen LogP contribution in [-0.4, -0.2) is 26.6 Å². The summed E-state index contributed by atoms with van der Waals surface area (Å²) in [5.41, 5.74) is 2.43. The van der Waals surface area contributed by atoms with Gasteiger partial charge in [-0.1, -0.05) is 43.9 Å². The lowest BCUT2D eigenvalue weighted by Crippen LogP contribution is -2.25. The molecule has 180 valence electrons. The van der Waals surface area contributed by atoms with Gasteiger partial charge in [0.2, 0.25) is 10.0 Å². The van der Waals surface area contributed by atoms with Gasteiger partial charge in [0.15, 0.2) is 4.80 Å². The molecule has 10 heteroatoms. The van der Waals surface area contributed by atoms with Crippen LogP contribution in [-0.2, 0) is 17.1 Å². The second-order valence-electron chi connectivity index (χ2n) is 7.38. The third-order valence-corrected chi connectivity index (χ3v) is 7.92. The molecule has 6 nitrogen and oxygen atoms in total. The molecular weight excluding hydrogens is 501 g/mol. The number of thiazole rings is 1. The summed E-state index contributed by atoms with van der Waals surface area (Å²) in [6.07, 6.45) is 4.00. The minimum Gasteiger partial charge on any atom is -0.497 e. The van der Waals surface area contributed by atoms with Crippen molar-refractivity contribution in [1.29, 1.82) is 0 Å². The highest BCUT2D eigenvalue weighted by Crippen LogP contribution is 2.28. The summed E-state index contributed by atoms with van der Waals surface area (Å²) in [7, 11) is -0.162. The van der Waals surface area contributed by atoms with Gasteiger partial charge in [-0.2, -0.15) is 0 Å². The Kier molecular flexibility index (Phi) is 10.4. The van der Waals surface area contributed by atoms with E-state index in [2.05, 4.69) is 16.6 Å². The van der Waals surface area contributed by atoms with Crippen LogP contribution in [0.1, 0.15) is 32.6 Å². The summed E-state index contributed by atoms with van der Waals surface area (Å²) in [5, 5.41) is 2.16. The van der Waals surface area contributed by atoms with E-state index in [0.29, 0.717) is 6.54 Å². The molecule has 3 aromatic rings. The van der Waals surface area contributed by atoms with Crippen molar-refractivity contribution in [3.05, 3.63) is 57.7 Å². The molecule has 2 aromatic carbocycles. The molecule has 0 aliphatic carbocycles. The van der Waals surface area contributed by atoms with Gasteiger partial charge in [0.25, 0.3) is 0 Å². The van der Waals surface area contributed by atoms with Crippen molar-refractivity contribution in [3.63, 3.8) is 0 Å². The molecule has 1 heterocycles. The molecular formula is C23H29Cl2N3O3S2. The maximum absolute atomic E-state index is 12.8. The monoisotopic (exact) mass is 529 g/mol. The third-order valence-electron chi connectivity index (χ3n) is 5.06. The normalized spacial score (nSPS) is 11.9. The van der Waals surface area contributed by atoms with Gasteiger partial charge in [-0.25, -0.2) is 18.1 Å². The molecule has 33 heavy (non-hydrogen) atoms. The van der Waals surface area contributed by atoms with E-state index in [4.69, 9.17) is 16.3 Å². The zero-order valence-electron chi connectivity index (χ0n) is 18.9. The van der Waals surface area contributed by atoms with Gasteiger partial charge in [0, 0.05) is 24.5 Å². The summed E-state index contributed by atoms with van der Waals surface area (Å²) in [6, 6.07) is 12.6. The van der Waals surface area contributed by atoms with Gasteiger partial charge in [0.1, 0.15) is 10.6 Å². The summed E-state index contributed by atoms with van der Waals surface area (Å²) in [4.78, 5) is 5.57. The number of nitrogens with zero attached hydrogens (tertiary/aromatic N) is 2. The van der Waals surface area contributed by atoms with Gasteiger partial charge in [-0.05, 0) is 42.8 Å². The summed E-state index contributed by atoms with van der Waals surface area (Å²) in [6.45, 7) is 2.52. The fourth-order valence-electron chi connectivity index (χ4n) is 3.20. The number of sulfonamides is 1. The quantitative estimate of drug-likeness (QED) is 0.331. The smallest absolute Gasteiger partial charge is 0.242 e. The lowest BCUT2D eigenvalue weighted by atomic mass is 10.2. The Morgan fingerprint density at radius 1 is 1.12 bits per heavy atom. The number of unbranched alkanes of at least 4 members (excludes halogenated alkanes) is 3. The van der Waals surface area contributed by atoms with Crippen LogP contribution in [0, 0.1) is 0 Å². The van der Waals surface area contributed by atoms with E-state index in [1.165, 1.54) is 11.3 Å². The SMILES string of the molecule is CCCCCCNS(=O)(=O)c1cc(-c2csc(=Nc3ccc(OC)cc3)n2C)ccc1Cl.Cl. The van der Waals surface area contributed by atoms with Crippen LogP contribution in [0.25, 0.3) is 11.3 Å². The lowest BCUT2D eigenvalue weighted by molar-refractivity contribution is 0.415. The second-order valence-corrected chi connectivity index (χ2v) is 10.4. The summed E-state index contributed by atoms with van der Waals surface area (Å²) >= 11 is 7.74. The first-order valence-corrected chi connectivity index (χ1v) is 13.2. The van der Waals surface area contributed by atoms with Crippen molar-refractivity contribution >= 4 is 51.1 Å². The van der Waals surface area contributed by atoms with Crippen molar-refractivity contribution in [2.45, 2.75) is 37.5 Å². The number of nitrogens with one attached hydrogen (secondary N) is 1. The topological polar surface area (TPSA) is 72.7 Å². The number of ether oxygens (including phenoxy) is 1. The molecule has 1 aromatic heterocycles. The van der Waals surface area contributed by atoms with Crippen LogP contribution >= 0.6 is 35.3 Å². The van der Waals surface area contributed by atoms with Crippen LogP contribution in [0.3, 0.4) is 0 Å². The number of halogens is 2. The van der Waals surface area contributed by atoms with Crippen molar-refractivity contribution in [2.75, 3.05) is 13.7 Å². The number of rotatable bonds is 10. The molecule has 0 aliphatic rings. The predicted octanol–water partition coefficient (Wildman–Crippen LogP) is 5.93. The van der Waals surface area contributed by atoms with Gasteiger partial charge >= 0.3 is 0 Å². The number of aromatic nitrogens is 1. The molecule has 0 saturated carbocycles. The first-order chi connectivity index (χ1) is 15.4. The molecule has 0 spiro atoms. The maximum atomic E-state index is 12.8. The summed E-state index contributed by atoms with van der Waals surface area (Å²) < 4.78 is 35.4. The van der Waals surface area contributed by atoms with E-state index in [1.807, 2.05) is 47.3 Å². The van der Waals surface area contributed by atoms with Gasteiger partial charge < -0.3 is 9.30 Å². The highest BCUT2D eigenvalue weighted by molar-refractivity contribution is 7.89. The van der Waals surface area contributed by atoms with Crippen LogP contribution in [0.4, 0.5) is 5.69 Å². The molecule has 3 rings (SSSR count). The minimum absolute atomic E-state index is 0. The number of hydrogen-bond acceptors (Lipinski definition) is 5. The Balaban J connectivity index is 0.00000385. The van der Waals surface area contributed by atoms with Crippen LogP contribution in [0.5, 0.6) is 5.75 Å². The van der Waals surface area contributed by atoms with E-state index in [1.54, 1.807) is 19.2 Å². The second kappa shape index (κ2) is 12.6. The van der Waals surface area contributed by atoms with Crippen molar-refractivity contribution < 1.29 is 13.2 Å². The van der Waals surface area contributed by atoms with E-state index in [-0.39, 0.29) is 22.3 Å². The average molecular weight is 531 g/mol. The Labute approximate surface area is 210 Å². The molecule has 0 aliphatic heterocycles. The van der Waals surface area contributed by atoms with E-state index in [9.17, 15) is 8.42 Å². The summed E-state index contributed by atoms with van der Waals surface area (Å²) in [5.74, 6) is 0.772. The molecule has 0 saturated heterocycles. The van der Waals surface area contributed by atoms with Crippen LogP contribution in [0.2, 0.25) is 5.02 Å². The highest BCUT2D eigenvalue weighted by Gasteiger charge is 2.19. The van der Waals surface area contributed by atoms with Gasteiger partial charge in [-0.15, -0.1) is 23.7 Å². The Bertz CT molecular complexity index is 1220. The number of benzene rings is 2. The predicted molar refractivity (Wildman–Crippen MR) is 139 cm³/mol. The van der Waals surface area contributed by atoms with Crippen molar-refractivity contribution in [3.8, 4) is 17.0 Å². The van der Waals surface area contributed by atoms with Gasteiger partial charge in [0.05, 0.1) is 23.5 Å². The molecule has 0 unspecified atom stereocenters. The molecule has 0 radical (unpaired) electrons. The Hall–Kier alpha value is -1.84. The third kappa shape index (κ3) is 7.07. The Morgan fingerprint density at radius 3 is 2.52 bits per heavy atom. The molecule has 0 amide bonds. The average Bonchev–Trinajstić information content (AvgIpc) is 3.14. The fraction of sp³-hybridized carbons (Fsp3) is 0.348. The highest BCUT2D eigenvalue weighted by atomic mass is 35.5. The van der Waals surface area contributed by atoms with E-state index in [0.717, 1.165) is 53.2 Å². The lowest BCUT2D eigenvalue weighted by Gasteiger charge is -2.11. The zero-order valence-corrected chi connectivity index (χ0v) is 22.1. The molecule has 0 atom stereocenters. The largest absolute Gasteiger partial charge is 0.497 e. The molecule has 0 bridgehead atoms. The fourth-order valence-corrected chi connectivity index (χ4v) is 5.73. The first-order valence-electron chi connectivity index (χ1n) is 10.5. The number of methoxy groups -OCH3 is 1. The first kappa shape index (κ1) is 27.4. The number of hydrogen-bond donors (Lipinski definition) is 1.